The van der Waals surface area contributed by atoms with E-state index in [0.717, 1.165) is 88.3 Å². The summed E-state index contributed by atoms with van der Waals surface area (Å²) in [5.41, 5.74) is 12.1. The van der Waals surface area contributed by atoms with Gasteiger partial charge in [0.25, 0.3) is 0 Å². The van der Waals surface area contributed by atoms with Crippen molar-refractivity contribution >= 4 is 43.7 Å². The highest BCUT2D eigenvalue weighted by molar-refractivity contribution is 6.13. The quantitative estimate of drug-likeness (QED) is 0.172. The molecule has 0 fully saturated rings. The van der Waals surface area contributed by atoms with Gasteiger partial charge in [-0.15, -0.1) is 0 Å². The zero-order valence-corrected chi connectivity index (χ0v) is 30.2. The molecule has 0 aliphatic carbocycles. The summed E-state index contributed by atoms with van der Waals surface area (Å²) in [6.07, 6.45) is 0. The topological polar surface area (TPSA) is 56.7 Å². The van der Waals surface area contributed by atoms with Gasteiger partial charge in [0.15, 0.2) is 11.6 Å². The number of nitrogens with zero attached hydrogens (tertiary/aromatic N) is 4. The van der Waals surface area contributed by atoms with E-state index >= 15 is 0 Å². The van der Waals surface area contributed by atoms with Gasteiger partial charge in [-0.25, -0.2) is 4.98 Å². The second-order valence-corrected chi connectivity index (χ2v) is 14.0. The van der Waals surface area contributed by atoms with Crippen molar-refractivity contribution in [2.24, 2.45) is 0 Å². The van der Waals surface area contributed by atoms with E-state index in [2.05, 4.69) is 174 Å². The highest BCUT2D eigenvalue weighted by Crippen LogP contribution is 2.39. The van der Waals surface area contributed by atoms with Crippen molar-refractivity contribution in [2.45, 2.75) is 0 Å². The third kappa shape index (κ3) is 5.37. The number of hydrogen-bond donors (Lipinski definition) is 0. The van der Waals surface area contributed by atoms with Crippen LogP contribution in [0.3, 0.4) is 0 Å². The zero-order valence-electron chi connectivity index (χ0n) is 30.2. The Balaban J connectivity index is 1.16. The van der Waals surface area contributed by atoms with Gasteiger partial charge in [-0.3, -0.25) is 4.57 Å². The molecule has 0 aliphatic heterocycles. The number of fused-ring (bicyclic) bond motifs is 6. The van der Waals surface area contributed by atoms with Gasteiger partial charge >= 0.3 is 0 Å². The Morgan fingerprint density at radius 2 is 0.875 bits per heavy atom. The van der Waals surface area contributed by atoms with E-state index in [1.165, 1.54) is 0 Å². The van der Waals surface area contributed by atoms with Gasteiger partial charge < -0.3 is 4.42 Å². The first-order valence-electron chi connectivity index (χ1n) is 18.8. The fourth-order valence-electron chi connectivity index (χ4n) is 8.04. The van der Waals surface area contributed by atoms with Crippen LogP contribution in [0.5, 0.6) is 0 Å². The predicted octanol–water partition coefficient (Wildman–Crippen LogP) is 13.2. The van der Waals surface area contributed by atoms with Crippen LogP contribution in [0.25, 0.3) is 106 Å². The minimum absolute atomic E-state index is 0.546. The first-order valence-corrected chi connectivity index (χ1v) is 18.8. The first-order chi connectivity index (χ1) is 27.7. The molecule has 5 heteroatoms. The molecule has 0 saturated heterocycles. The molecule has 0 bridgehead atoms. The van der Waals surface area contributed by atoms with Crippen molar-refractivity contribution < 1.29 is 4.42 Å². The monoisotopic (exact) mass is 716 g/mol. The molecule has 8 aromatic carbocycles. The summed E-state index contributed by atoms with van der Waals surface area (Å²) >= 11 is 0. The number of aromatic nitrogens is 4. The normalized spacial score (nSPS) is 11.6. The van der Waals surface area contributed by atoms with Gasteiger partial charge in [0.1, 0.15) is 11.2 Å². The van der Waals surface area contributed by atoms with Crippen LogP contribution in [-0.4, -0.2) is 19.5 Å². The highest BCUT2D eigenvalue weighted by Gasteiger charge is 2.20. The van der Waals surface area contributed by atoms with Gasteiger partial charge in [0.2, 0.25) is 5.95 Å². The molecule has 0 aliphatic rings. The molecule has 3 heterocycles. The van der Waals surface area contributed by atoms with Crippen LogP contribution in [0.4, 0.5) is 0 Å². The van der Waals surface area contributed by atoms with Crippen LogP contribution in [0.2, 0.25) is 0 Å². The summed E-state index contributed by atoms with van der Waals surface area (Å²) < 4.78 is 8.72. The molecule has 0 unspecified atom stereocenters. The van der Waals surface area contributed by atoms with Gasteiger partial charge in [-0.05, 0) is 81.9 Å². The van der Waals surface area contributed by atoms with E-state index < -0.39 is 0 Å². The van der Waals surface area contributed by atoms with E-state index in [0.29, 0.717) is 17.6 Å². The largest absolute Gasteiger partial charge is 0.456 e. The Morgan fingerprint density at radius 1 is 0.339 bits per heavy atom. The van der Waals surface area contributed by atoms with Crippen molar-refractivity contribution in [1.82, 2.24) is 19.5 Å². The molecule has 262 valence electrons. The smallest absolute Gasteiger partial charge is 0.238 e. The maximum absolute atomic E-state index is 6.56. The van der Waals surface area contributed by atoms with Crippen LogP contribution in [0.15, 0.2) is 199 Å². The SMILES string of the molecule is c1ccc(-c2cc(-c3ccccc3)cc(-c3nc(-c4ccc5c(c4)oc4cccc(-c6ccccc6)c45)nc(-n4c5ccccc5c5ccccc54)n3)c2)cc1. The summed E-state index contributed by atoms with van der Waals surface area (Å²) in [6.45, 7) is 0. The molecule has 0 atom stereocenters. The molecule has 0 saturated carbocycles. The summed E-state index contributed by atoms with van der Waals surface area (Å²) in [4.78, 5) is 15.8. The lowest BCUT2D eigenvalue weighted by molar-refractivity contribution is 0.669. The third-order valence-electron chi connectivity index (χ3n) is 10.6. The minimum atomic E-state index is 0.546. The predicted molar refractivity (Wildman–Crippen MR) is 229 cm³/mol. The second-order valence-electron chi connectivity index (χ2n) is 14.0. The van der Waals surface area contributed by atoms with Crippen LogP contribution in [0, 0.1) is 0 Å². The highest BCUT2D eigenvalue weighted by atomic mass is 16.3. The molecular weight excluding hydrogens is 685 g/mol. The summed E-state index contributed by atoms with van der Waals surface area (Å²) in [5, 5.41) is 4.42. The van der Waals surface area contributed by atoms with E-state index in [1.807, 2.05) is 24.3 Å². The van der Waals surface area contributed by atoms with Gasteiger partial charge in [-0.2, -0.15) is 9.97 Å². The fraction of sp³-hybridized carbons (Fsp3) is 0. The standard InChI is InChI=1S/C51H32N4O/c1-4-15-33(16-5-1)37-29-38(34-17-6-2-7-18-34)31-39(30-37)50-52-49(53-51(54-50)55-44-24-12-10-21-41(44)42-22-11-13-25-45(42)55)36-27-28-43-47(32-36)56-46-26-14-23-40(48(43)46)35-19-8-3-9-20-35/h1-32H. The van der Waals surface area contributed by atoms with Crippen LogP contribution < -0.4 is 0 Å². The molecule has 3 aromatic heterocycles. The molecular formula is C51H32N4O. The van der Waals surface area contributed by atoms with Gasteiger partial charge in [0.05, 0.1) is 11.0 Å². The maximum Gasteiger partial charge on any atom is 0.238 e. The van der Waals surface area contributed by atoms with Crippen molar-refractivity contribution in [2.75, 3.05) is 0 Å². The Labute approximate surface area is 322 Å². The molecule has 11 aromatic rings. The fourth-order valence-corrected chi connectivity index (χ4v) is 8.04. The summed E-state index contributed by atoms with van der Waals surface area (Å²) in [5.74, 6) is 1.69. The minimum Gasteiger partial charge on any atom is -0.456 e. The lowest BCUT2D eigenvalue weighted by atomic mass is 9.96. The molecule has 0 amide bonds. The third-order valence-corrected chi connectivity index (χ3v) is 10.6. The number of hydrogen-bond acceptors (Lipinski definition) is 4. The Morgan fingerprint density at radius 3 is 1.50 bits per heavy atom. The number of furan rings is 1. The Hall–Kier alpha value is -7.63. The number of rotatable bonds is 6. The van der Waals surface area contributed by atoms with E-state index in [1.54, 1.807) is 0 Å². The Bertz CT molecular complexity index is 3130. The van der Waals surface area contributed by atoms with Crippen LogP contribution in [0.1, 0.15) is 0 Å². The van der Waals surface area contributed by atoms with Gasteiger partial charge in [-0.1, -0.05) is 146 Å². The molecule has 0 spiro atoms. The average molecular weight is 717 g/mol. The lowest BCUT2D eigenvalue weighted by Crippen LogP contribution is -2.06. The lowest BCUT2D eigenvalue weighted by Gasteiger charge is -2.13. The maximum atomic E-state index is 6.56. The van der Waals surface area contributed by atoms with E-state index in [9.17, 15) is 0 Å². The van der Waals surface area contributed by atoms with E-state index in [4.69, 9.17) is 19.4 Å². The molecule has 0 radical (unpaired) electrons. The zero-order chi connectivity index (χ0) is 37.0. The summed E-state index contributed by atoms with van der Waals surface area (Å²) in [6, 6.07) is 67.4. The molecule has 56 heavy (non-hydrogen) atoms. The van der Waals surface area contributed by atoms with Gasteiger partial charge in [0, 0.05) is 32.7 Å². The van der Waals surface area contributed by atoms with Crippen molar-refractivity contribution in [1.29, 1.82) is 0 Å². The van der Waals surface area contributed by atoms with Crippen LogP contribution >= 0.6 is 0 Å². The van der Waals surface area contributed by atoms with Crippen molar-refractivity contribution in [3.63, 3.8) is 0 Å². The molecule has 0 N–H and O–H groups in total. The Kier molecular flexibility index (Phi) is 7.42. The average Bonchev–Trinajstić information content (AvgIpc) is 3.83. The van der Waals surface area contributed by atoms with Crippen molar-refractivity contribution in [3.05, 3.63) is 194 Å². The second kappa shape index (κ2) is 13.0. The molecule has 5 nitrogen and oxygen atoms in total. The number of benzene rings is 8. The van der Waals surface area contributed by atoms with Crippen LogP contribution in [-0.2, 0) is 0 Å². The van der Waals surface area contributed by atoms with Crippen molar-refractivity contribution in [3.8, 4) is 62.1 Å². The summed E-state index contributed by atoms with van der Waals surface area (Å²) in [7, 11) is 0. The van der Waals surface area contributed by atoms with E-state index in [-0.39, 0.29) is 0 Å². The molecule has 11 rings (SSSR count). The first kappa shape index (κ1) is 31.9. The number of para-hydroxylation sites is 2.